The van der Waals surface area contributed by atoms with Crippen LogP contribution in [0.2, 0.25) is 0 Å². The van der Waals surface area contributed by atoms with Gasteiger partial charge in [0.05, 0.1) is 12.1 Å². The third-order valence-corrected chi connectivity index (χ3v) is 5.35. The molecule has 1 fully saturated rings. The van der Waals surface area contributed by atoms with E-state index in [-0.39, 0.29) is 12.3 Å². The Kier molecular flexibility index (Phi) is 11.1. The molecule has 0 aromatic heterocycles. The second kappa shape index (κ2) is 12.7. The quantitative estimate of drug-likeness (QED) is 0.130. The number of likely N-dealkylation sites (tertiary alicyclic amines) is 1. The Morgan fingerprint density at radius 3 is 2.43 bits per heavy atom. The summed E-state index contributed by atoms with van der Waals surface area (Å²) in [6.45, 7) is 2.04. The number of hydrogen-bond donors (Lipinski definition) is 7. The van der Waals surface area contributed by atoms with Gasteiger partial charge in [0.2, 0.25) is 17.7 Å². The molecule has 0 aromatic rings. The van der Waals surface area contributed by atoms with Gasteiger partial charge in [0, 0.05) is 12.3 Å². The van der Waals surface area contributed by atoms with Crippen molar-refractivity contribution in [1.29, 1.82) is 0 Å². The Bertz CT molecular complexity index is 620. The van der Waals surface area contributed by atoms with Crippen molar-refractivity contribution in [2.45, 2.75) is 69.3 Å². The highest BCUT2D eigenvalue weighted by Gasteiger charge is 2.39. The number of aliphatic hydroxyl groups excluding tert-OH is 1. The van der Waals surface area contributed by atoms with Crippen LogP contribution >= 0.6 is 12.6 Å². The zero-order valence-corrected chi connectivity index (χ0v) is 18.0. The van der Waals surface area contributed by atoms with E-state index >= 15 is 0 Å². The predicted octanol–water partition coefficient (Wildman–Crippen LogP) is -2.20. The van der Waals surface area contributed by atoms with Crippen molar-refractivity contribution in [2.75, 3.05) is 18.8 Å². The molecular weight excluding hydrogens is 414 g/mol. The lowest BCUT2D eigenvalue weighted by molar-refractivity contribution is -0.147. The fourth-order valence-electron chi connectivity index (χ4n) is 3.25. The summed E-state index contributed by atoms with van der Waals surface area (Å²) in [4.78, 5) is 50.3. The SMILES string of the molecule is CC(O)C(NC(=O)C1CCCN1C(=O)C(CS)NC(=O)C(N)CCCCN)C(=O)O. The van der Waals surface area contributed by atoms with E-state index in [1.807, 2.05) is 0 Å². The van der Waals surface area contributed by atoms with Crippen LogP contribution in [0.25, 0.3) is 0 Å². The summed E-state index contributed by atoms with van der Waals surface area (Å²) in [7, 11) is 0. The van der Waals surface area contributed by atoms with Crippen molar-refractivity contribution in [3.63, 3.8) is 0 Å². The highest BCUT2D eigenvalue weighted by molar-refractivity contribution is 7.80. The number of carboxylic acids is 1. The first-order valence-corrected chi connectivity index (χ1v) is 10.7. The van der Waals surface area contributed by atoms with Gasteiger partial charge in [0.15, 0.2) is 6.04 Å². The van der Waals surface area contributed by atoms with E-state index in [1.165, 1.54) is 11.8 Å². The van der Waals surface area contributed by atoms with Crippen molar-refractivity contribution >= 4 is 36.3 Å². The molecule has 1 heterocycles. The first kappa shape index (κ1) is 26.1. The number of thiol groups is 1. The summed E-state index contributed by atoms with van der Waals surface area (Å²) in [6.07, 6.45) is 1.44. The molecule has 1 rings (SSSR count). The molecule has 0 aromatic carbocycles. The van der Waals surface area contributed by atoms with Gasteiger partial charge in [-0.05, 0) is 39.2 Å². The molecule has 0 saturated carbocycles. The number of carboxylic acid groups (broad SMARTS) is 1. The summed E-state index contributed by atoms with van der Waals surface area (Å²) in [5, 5.41) is 23.5. The lowest BCUT2D eigenvalue weighted by atomic mass is 10.1. The molecule has 12 heteroatoms. The van der Waals surface area contributed by atoms with E-state index in [9.17, 15) is 24.3 Å². The molecule has 0 radical (unpaired) electrons. The maximum atomic E-state index is 12.9. The minimum atomic E-state index is -1.48. The zero-order chi connectivity index (χ0) is 22.8. The summed E-state index contributed by atoms with van der Waals surface area (Å²) in [5.41, 5.74) is 11.3. The number of carbonyl (C=O) groups is 4. The molecule has 8 N–H and O–H groups in total. The first-order chi connectivity index (χ1) is 14.1. The lowest BCUT2D eigenvalue weighted by Gasteiger charge is -2.29. The molecule has 0 spiro atoms. The maximum absolute atomic E-state index is 12.9. The molecular formula is C18H33N5O6S. The van der Waals surface area contributed by atoms with Crippen LogP contribution in [-0.2, 0) is 19.2 Å². The van der Waals surface area contributed by atoms with Crippen LogP contribution in [0, 0.1) is 0 Å². The standard InChI is InChI=1S/C18H33N5O6S/c1-10(24)14(18(28)29)22-16(26)13-6-4-8-23(13)17(27)12(9-30)21-15(25)11(20)5-2-3-7-19/h10-14,24,30H,2-9,19-20H2,1H3,(H,21,25)(H,22,26)(H,28,29). The fraction of sp³-hybridized carbons (Fsp3) is 0.778. The Hall–Kier alpha value is -1.89. The Balaban J connectivity index is 2.77. The molecule has 5 unspecified atom stereocenters. The topological polar surface area (TPSA) is 188 Å². The summed E-state index contributed by atoms with van der Waals surface area (Å²) < 4.78 is 0. The molecule has 172 valence electrons. The van der Waals surface area contributed by atoms with E-state index in [4.69, 9.17) is 16.6 Å². The Morgan fingerprint density at radius 1 is 1.23 bits per heavy atom. The van der Waals surface area contributed by atoms with Gasteiger partial charge in [-0.3, -0.25) is 14.4 Å². The van der Waals surface area contributed by atoms with E-state index in [2.05, 4.69) is 23.3 Å². The number of rotatable bonds is 12. The number of hydrogen-bond acceptors (Lipinski definition) is 8. The molecule has 3 amide bonds. The van der Waals surface area contributed by atoms with Crippen molar-refractivity contribution in [2.24, 2.45) is 11.5 Å². The van der Waals surface area contributed by atoms with E-state index < -0.39 is 54.0 Å². The number of aliphatic hydroxyl groups is 1. The van der Waals surface area contributed by atoms with Crippen molar-refractivity contribution in [3.8, 4) is 0 Å². The molecule has 1 aliphatic rings. The number of unbranched alkanes of at least 4 members (excludes halogenated alkanes) is 1. The number of amides is 3. The third kappa shape index (κ3) is 7.42. The summed E-state index contributed by atoms with van der Waals surface area (Å²) >= 11 is 4.14. The first-order valence-electron chi connectivity index (χ1n) is 10.0. The van der Waals surface area contributed by atoms with Gasteiger partial charge >= 0.3 is 5.97 Å². The van der Waals surface area contributed by atoms with Gasteiger partial charge in [-0.15, -0.1) is 0 Å². The summed E-state index contributed by atoms with van der Waals surface area (Å²) in [5.74, 6) is -3.01. The number of nitrogens with one attached hydrogen (secondary N) is 2. The molecule has 11 nitrogen and oxygen atoms in total. The second-order valence-electron chi connectivity index (χ2n) is 7.39. The van der Waals surface area contributed by atoms with Gasteiger partial charge in [-0.25, -0.2) is 4.79 Å². The van der Waals surface area contributed by atoms with Crippen LogP contribution < -0.4 is 22.1 Å². The molecule has 0 bridgehead atoms. The highest BCUT2D eigenvalue weighted by Crippen LogP contribution is 2.19. The molecule has 30 heavy (non-hydrogen) atoms. The minimum absolute atomic E-state index is 0.0103. The number of carbonyl (C=O) groups excluding carboxylic acids is 3. The van der Waals surface area contributed by atoms with Gasteiger partial charge in [-0.1, -0.05) is 6.42 Å². The molecule has 1 saturated heterocycles. The van der Waals surface area contributed by atoms with Gasteiger partial charge in [0.25, 0.3) is 0 Å². The van der Waals surface area contributed by atoms with Gasteiger partial charge < -0.3 is 37.2 Å². The lowest BCUT2D eigenvalue weighted by Crippen LogP contribution is -2.58. The number of nitrogens with zero attached hydrogens (tertiary/aromatic N) is 1. The van der Waals surface area contributed by atoms with Crippen molar-refractivity contribution in [3.05, 3.63) is 0 Å². The molecule has 0 aliphatic carbocycles. The largest absolute Gasteiger partial charge is 0.480 e. The van der Waals surface area contributed by atoms with Crippen LogP contribution in [0.5, 0.6) is 0 Å². The second-order valence-corrected chi connectivity index (χ2v) is 7.75. The summed E-state index contributed by atoms with van der Waals surface area (Å²) in [6, 6.07) is -4.13. The van der Waals surface area contributed by atoms with E-state index in [0.29, 0.717) is 32.2 Å². The predicted molar refractivity (Wildman–Crippen MR) is 113 cm³/mol. The van der Waals surface area contributed by atoms with E-state index in [1.54, 1.807) is 0 Å². The third-order valence-electron chi connectivity index (χ3n) is 4.99. The van der Waals surface area contributed by atoms with Crippen molar-refractivity contribution < 1.29 is 29.4 Å². The van der Waals surface area contributed by atoms with Crippen LogP contribution in [-0.4, -0.2) is 87.9 Å². The number of nitrogens with two attached hydrogens (primary N) is 2. The average molecular weight is 448 g/mol. The Labute approximate surface area is 181 Å². The van der Waals surface area contributed by atoms with Crippen LogP contribution in [0.4, 0.5) is 0 Å². The van der Waals surface area contributed by atoms with Gasteiger partial charge in [0.1, 0.15) is 12.1 Å². The Morgan fingerprint density at radius 2 is 1.90 bits per heavy atom. The fourth-order valence-corrected chi connectivity index (χ4v) is 3.49. The molecule has 1 aliphatic heterocycles. The average Bonchev–Trinajstić information content (AvgIpc) is 3.18. The zero-order valence-electron chi connectivity index (χ0n) is 17.1. The normalized spacial score (nSPS) is 20.2. The maximum Gasteiger partial charge on any atom is 0.328 e. The smallest absolute Gasteiger partial charge is 0.328 e. The van der Waals surface area contributed by atoms with Crippen LogP contribution in [0.3, 0.4) is 0 Å². The van der Waals surface area contributed by atoms with Crippen molar-refractivity contribution in [1.82, 2.24) is 15.5 Å². The minimum Gasteiger partial charge on any atom is -0.480 e. The van der Waals surface area contributed by atoms with Gasteiger partial charge in [-0.2, -0.15) is 12.6 Å². The highest BCUT2D eigenvalue weighted by atomic mass is 32.1. The molecule has 5 atom stereocenters. The van der Waals surface area contributed by atoms with Crippen LogP contribution in [0.15, 0.2) is 0 Å². The van der Waals surface area contributed by atoms with Crippen LogP contribution in [0.1, 0.15) is 39.0 Å². The number of aliphatic carboxylic acids is 1. The van der Waals surface area contributed by atoms with E-state index in [0.717, 1.165) is 6.42 Å². The monoisotopic (exact) mass is 447 g/mol.